The van der Waals surface area contributed by atoms with Gasteiger partial charge in [0.2, 0.25) is 5.91 Å². The summed E-state index contributed by atoms with van der Waals surface area (Å²) in [6.45, 7) is 6.71. The van der Waals surface area contributed by atoms with E-state index in [2.05, 4.69) is 47.1 Å². The van der Waals surface area contributed by atoms with E-state index in [1.165, 1.54) is 12.0 Å². The first-order chi connectivity index (χ1) is 11.2. The Kier molecular flexibility index (Phi) is 7.56. The zero-order chi connectivity index (χ0) is 16.5. The van der Waals surface area contributed by atoms with Crippen molar-refractivity contribution in [3.8, 4) is 0 Å². The lowest BCUT2D eigenvalue weighted by Gasteiger charge is -2.39. The van der Waals surface area contributed by atoms with Crippen LogP contribution in [0.4, 0.5) is 0 Å². The molecule has 1 aromatic carbocycles. The number of hydrogen-bond donors (Lipinski definition) is 1. The molecule has 4 nitrogen and oxygen atoms in total. The third kappa shape index (κ3) is 5.63. The second-order valence-electron chi connectivity index (χ2n) is 6.50. The van der Waals surface area contributed by atoms with Gasteiger partial charge >= 0.3 is 0 Å². The Morgan fingerprint density at radius 3 is 2.83 bits per heavy atom. The molecule has 1 aromatic rings. The lowest BCUT2D eigenvalue weighted by atomic mass is 10.0. The molecule has 1 amide bonds. The molecule has 4 heteroatoms. The number of nitrogens with zero attached hydrogens (tertiary/aromatic N) is 2. The number of piperidine rings is 1. The van der Waals surface area contributed by atoms with E-state index >= 15 is 0 Å². The average molecular weight is 317 g/mol. The molecule has 0 saturated carbocycles. The molecule has 2 rings (SSSR count). The van der Waals surface area contributed by atoms with Crippen LogP contribution in [0.25, 0.3) is 0 Å². The van der Waals surface area contributed by atoms with Crippen molar-refractivity contribution in [2.75, 3.05) is 26.2 Å². The van der Waals surface area contributed by atoms with E-state index in [-0.39, 0.29) is 5.91 Å². The van der Waals surface area contributed by atoms with E-state index in [4.69, 9.17) is 5.73 Å². The number of likely N-dealkylation sites (tertiary alicyclic amines) is 1. The van der Waals surface area contributed by atoms with Crippen LogP contribution in [-0.4, -0.2) is 47.9 Å². The van der Waals surface area contributed by atoms with Gasteiger partial charge in [-0.25, -0.2) is 0 Å². The first-order valence-corrected chi connectivity index (χ1v) is 9.00. The summed E-state index contributed by atoms with van der Waals surface area (Å²) < 4.78 is 0. The third-order valence-electron chi connectivity index (χ3n) is 4.55. The van der Waals surface area contributed by atoms with Crippen LogP contribution in [0.3, 0.4) is 0 Å². The van der Waals surface area contributed by atoms with Gasteiger partial charge in [-0.2, -0.15) is 0 Å². The number of hydrogen-bond acceptors (Lipinski definition) is 3. The molecular formula is C19H31N3O. The SMILES string of the molecule is CCCN(C(=O)CCCN)C1CCCN(Cc2ccccc2)C1. The standard InChI is InChI=1S/C19H31N3O/c1-2-13-22(19(23)11-6-12-20)18-10-7-14-21(16-18)15-17-8-4-3-5-9-17/h3-5,8-9,18H,2,6-7,10-16,20H2,1H3. The van der Waals surface area contributed by atoms with Crippen molar-refractivity contribution in [1.29, 1.82) is 0 Å². The minimum atomic E-state index is 0.281. The van der Waals surface area contributed by atoms with Crippen LogP contribution in [0.5, 0.6) is 0 Å². The second kappa shape index (κ2) is 9.68. The number of carbonyl (C=O) groups excluding carboxylic acids is 1. The van der Waals surface area contributed by atoms with Gasteiger partial charge in [0, 0.05) is 32.1 Å². The first kappa shape index (κ1) is 18.0. The third-order valence-corrected chi connectivity index (χ3v) is 4.55. The van der Waals surface area contributed by atoms with E-state index in [0.29, 0.717) is 19.0 Å². The number of benzene rings is 1. The Balaban J connectivity index is 1.95. The number of amides is 1. The Hall–Kier alpha value is -1.39. The molecule has 1 atom stereocenters. The number of rotatable bonds is 8. The van der Waals surface area contributed by atoms with Crippen molar-refractivity contribution >= 4 is 5.91 Å². The van der Waals surface area contributed by atoms with Gasteiger partial charge in [0.1, 0.15) is 0 Å². The molecule has 1 aliphatic rings. The van der Waals surface area contributed by atoms with Crippen molar-refractivity contribution in [2.45, 2.75) is 51.6 Å². The van der Waals surface area contributed by atoms with Crippen molar-refractivity contribution in [1.82, 2.24) is 9.80 Å². The second-order valence-corrected chi connectivity index (χ2v) is 6.50. The van der Waals surface area contributed by atoms with Crippen LogP contribution in [0.15, 0.2) is 30.3 Å². The summed E-state index contributed by atoms with van der Waals surface area (Å²) in [5.41, 5.74) is 6.91. The summed E-state index contributed by atoms with van der Waals surface area (Å²) in [4.78, 5) is 17.1. The fourth-order valence-corrected chi connectivity index (χ4v) is 3.42. The molecule has 0 bridgehead atoms. The summed E-state index contributed by atoms with van der Waals surface area (Å²) in [5, 5.41) is 0. The van der Waals surface area contributed by atoms with Crippen molar-refractivity contribution in [3.05, 3.63) is 35.9 Å². The first-order valence-electron chi connectivity index (χ1n) is 9.00. The fourth-order valence-electron chi connectivity index (χ4n) is 3.42. The molecule has 128 valence electrons. The Bertz CT molecular complexity index is 463. The normalized spacial score (nSPS) is 18.8. The lowest BCUT2D eigenvalue weighted by molar-refractivity contribution is -0.134. The summed E-state index contributed by atoms with van der Waals surface area (Å²) in [6.07, 6.45) is 4.69. The molecule has 0 radical (unpaired) electrons. The van der Waals surface area contributed by atoms with Gasteiger partial charge in [0.15, 0.2) is 0 Å². The van der Waals surface area contributed by atoms with Crippen LogP contribution in [0.1, 0.15) is 44.6 Å². The number of carbonyl (C=O) groups is 1. The molecule has 1 saturated heterocycles. The molecular weight excluding hydrogens is 286 g/mol. The zero-order valence-corrected chi connectivity index (χ0v) is 14.4. The fraction of sp³-hybridized carbons (Fsp3) is 0.632. The minimum absolute atomic E-state index is 0.281. The Morgan fingerprint density at radius 2 is 2.13 bits per heavy atom. The summed E-state index contributed by atoms with van der Waals surface area (Å²) in [6, 6.07) is 11.0. The average Bonchev–Trinajstić information content (AvgIpc) is 2.58. The van der Waals surface area contributed by atoms with Crippen LogP contribution in [-0.2, 0) is 11.3 Å². The predicted octanol–water partition coefficient (Wildman–Crippen LogP) is 2.63. The van der Waals surface area contributed by atoms with Crippen LogP contribution in [0, 0.1) is 0 Å². The summed E-state index contributed by atoms with van der Waals surface area (Å²) in [7, 11) is 0. The zero-order valence-electron chi connectivity index (χ0n) is 14.4. The van der Waals surface area contributed by atoms with Gasteiger partial charge in [0.25, 0.3) is 0 Å². The van der Waals surface area contributed by atoms with Gasteiger partial charge in [-0.1, -0.05) is 37.3 Å². The quantitative estimate of drug-likeness (QED) is 0.802. The molecule has 1 fully saturated rings. The van der Waals surface area contributed by atoms with Crippen molar-refractivity contribution in [3.63, 3.8) is 0 Å². The predicted molar refractivity (Wildman–Crippen MR) is 95.0 cm³/mol. The van der Waals surface area contributed by atoms with Crippen molar-refractivity contribution < 1.29 is 4.79 Å². The Labute approximate surface area is 140 Å². The summed E-state index contributed by atoms with van der Waals surface area (Å²) >= 11 is 0. The maximum Gasteiger partial charge on any atom is 0.222 e. The molecule has 1 unspecified atom stereocenters. The van der Waals surface area contributed by atoms with Crippen LogP contribution >= 0.6 is 0 Å². The monoisotopic (exact) mass is 317 g/mol. The van der Waals surface area contributed by atoms with E-state index in [0.717, 1.165) is 45.4 Å². The van der Waals surface area contributed by atoms with Gasteiger partial charge in [-0.3, -0.25) is 9.69 Å². The molecule has 1 heterocycles. The number of nitrogens with two attached hydrogens (primary N) is 1. The van der Waals surface area contributed by atoms with E-state index < -0.39 is 0 Å². The van der Waals surface area contributed by atoms with Crippen molar-refractivity contribution in [2.24, 2.45) is 5.73 Å². The molecule has 2 N–H and O–H groups in total. The van der Waals surface area contributed by atoms with Gasteiger partial charge in [0.05, 0.1) is 0 Å². The van der Waals surface area contributed by atoms with E-state index in [1.54, 1.807) is 0 Å². The highest BCUT2D eigenvalue weighted by atomic mass is 16.2. The topological polar surface area (TPSA) is 49.6 Å². The molecule has 1 aliphatic heterocycles. The summed E-state index contributed by atoms with van der Waals surface area (Å²) in [5.74, 6) is 0.281. The highest BCUT2D eigenvalue weighted by Gasteiger charge is 2.27. The lowest BCUT2D eigenvalue weighted by Crippen LogP contribution is -2.50. The highest BCUT2D eigenvalue weighted by Crippen LogP contribution is 2.19. The van der Waals surface area contributed by atoms with Crippen LogP contribution in [0.2, 0.25) is 0 Å². The van der Waals surface area contributed by atoms with Gasteiger partial charge < -0.3 is 10.6 Å². The molecule has 0 spiro atoms. The van der Waals surface area contributed by atoms with E-state index in [9.17, 15) is 4.79 Å². The minimum Gasteiger partial charge on any atom is -0.338 e. The Morgan fingerprint density at radius 1 is 1.35 bits per heavy atom. The largest absolute Gasteiger partial charge is 0.338 e. The van der Waals surface area contributed by atoms with Gasteiger partial charge in [-0.15, -0.1) is 0 Å². The maximum absolute atomic E-state index is 12.5. The highest BCUT2D eigenvalue weighted by molar-refractivity contribution is 5.76. The smallest absolute Gasteiger partial charge is 0.222 e. The van der Waals surface area contributed by atoms with Crippen LogP contribution < -0.4 is 5.73 Å². The molecule has 23 heavy (non-hydrogen) atoms. The molecule has 0 aliphatic carbocycles. The molecule has 0 aromatic heterocycles. The maximum atomic E-state index is 12.5. The van der Waals surface area contributed by atoms with Gasteiger partial charge in [-0.05, 0) is 44.3 Å². The van der Waals surface area contributed by atoms with E-state index in [1.807, 2.05) is 0 Å².